The lowest BCUT2D eigenvalue weighted by Crippen LogP contribution is -1.87. The van der Waals surface area contributed by atoms with Crippen LogP contribution in [0, 0.1) is 19.7 Å². The number of aryl methyl sites for hydroxylation is 2. The van der Waals surface area contributed by atoms with Crippen LogP contribution < -0.4 is 0 Å². The van der Waals surface area contributed by atoms with Crippen molar-refractivity contribution < 1.29 is 8.81 Å². The minimum Gasteiger partial charge on any atom is -0.444 e. The molecule has 5 nitrogen and oxygen atoms in total. The summed E-state index contributed by atoms with van der Waals surface area (Å²) in [6, 6.07) is 12.6. The second-order valence-corrected chi connectivity index (χ2v) is 7.14. The van der Waals surface area contributed by atoms with Crippen molar-refractivity contribution in [3.05, 3.63) is 71.4 Å². The van der Waals surface area contributed by atoms with Crippen LogP contribution in [0.25, 0.3) is 22.8 Å². The van der Waals surface area contributed by atoms with E-state index in [1.807, 2.05) is 19.1 Å². The van der Waals surface area contributed by atoms with Crippen LogP contribution in [-0.4, -0.2) is 20.2 Å². The Bertz CT molecular complexity index is 1090. The lowest BCUT2D eigenvalue weighted by Gasteiger charge is -2.02. The molecular weight excluding hydrogens is 363 g/mol. The van der Waals surface area contributed by atoms with Crippen molar-refractivity contribution >= 4 is 11.8 Å². The highest BCUT2D eigenvalue weighted by atomic mass is 32.2. The third-order valence-electron chi connectivity index (χ3n) is 4.11. The molecule has 2 aromatic heterocycles. The molecule has 0 bridgehead atoms. The van der Waals surface area contributed by atoms with Crippen LogP contribution in [0.15, 0.2) is 58.3 Å². The lowest BCUT2D eigenvalue weighted by molar-refractivity contribution is 0.573. The molecule has 27 heavy (non-hydrogen) atoms. The summed E-state index contributed by atoms with van der Waals surface area (Å²) in [5.74, 6) is 1.24. The molecule has 0 fully saturated rings. The first-order valence-corrected chi connectivity index (χ1v) is 9.41. The van der Waals surface area contributed by atoms with Gasteiger partial charge in [-0.15, -0.1) is 5.10 Å². The van der Waals surface area contributed by atoms with Gasteiger partial charge in [-0.25, -0.2) is 14.4 Å². The maximum absolute atomic E-state index is 13.8. The maximum Gasteiger partial charge on any atom is 0.226 e. The Labute approximate surface area is 160 Å². The molecule has 7 heteroatoms. The molecule has 0 aliphatic carbocycles. The van der Waals surface area contributed by atoms with Crippen LogP contribution in [0.3, 0.4) is 0 Å². The van der Waals surface area contributed by atoms with Crippen molar-refractivity contribution in [1.29, 1.82) is 0 Å². The number of nitrogens with zero attached hydrogens (tertiary/aromatic N) is 3. The SMILES string of the molecule is Cc1ccc(-c2nc(CSc3n[nH]c(-c4ccccc4F)n3)co2)c(C)c1. The van der Waals surface area contributed by atoms with E-state index in [0.717, 1.165) is 16.8 Å². The molecule has 4 aromatic rings. The summed E-state index contributed by atoms with van der Waals surface area (Å²) in [7, 11) is 0. The Kier molecular flexibility index (Phi) is 4.77. The Morgan fingerprint density at radius 2 is 1.93 bits per heavy atom. The summed E-state index contributed by atoms with van der Waals surface area (Å²) in [6.45, 7) is 4.10. The Morgan fingerprint density at radius 3 is 2.74 bits per heavy atom. The summed E-state index contributed by atoms with van der Waals surface area (Å²) >= 11 is 1.41. The zero-order chi connectivity index (χ0) is 18.8. The number of hydrogen-bond acceptors (Lipinski definition) is 5. The quantitative estimate of drug-likeness (QED) is 0.484. The van der Waals surface area contributed by atoms with Crippen molar-refractivity contribution in [3.8, 4) is 22.8 Å². The number of oxazole rings is 1. The number of nitrogens with one attached hydrogen (secondary N) is 1. The molecule has 0 aliphatic heterocycles. The summed E-state index contributed by atoms with van der Waals surface area (Å²) in [5, 5.41) is 7.45. The summed E-state index contributed by atoms with van der Waals surface area (Å²) in [4.78, 5) is 8.89. The summed E-state index contributed by atoms with van der Waals surface area (Å²) in [5.41, 5.74) is 4.51. The van der Waals surface area contributed by atoms with E-state index in [4.69, 9.17) is 4.42 Å². The molecule has 2 heterocycles. The van der Waals surface area contributed by atoms with Gasteiger partial charge in [0.1, 0.15) is 12.1 Å². The number of aromatic amines is 1. The van der Waals surface area contributed by atoms with Gasteiger partial charge in [-0.1, -0.05) is 41.6 Å². The second-order valence-electron chi connectivity index (χ2n) is 6.20. The minimum atomic E-state index is -0.334. The molecular formula is C20H17FN4OS. The highest BCUT2D eigenvalue weighted by molar-refractivity contribution is 7.98. The van der Waals surface area contributed by atoms with Gasteiger partial charge in [0, 0.05) is 11.3 Å². The first-order chi connectivity index (χ1) is 13.1. The van der Waals surface area contributed by atoms with Gasteiger partial charge >= 0.3 is 0 Å². The average molecular weight is 380 g/mol. The molecule has 0 saturated heterocycles. The standard InChI is InChI=1S/C20H17FN4OS/c1-12-7-8-15(13(2)9-12)19-22-14(10-26-19)11-27-20-23-18(24-25-20)16-5-3-4-6-17(16)21/h3-10H,11H2,1-2H3,(H,23,24,25). The van der Waals surface area contributed by atoms with E-state index in [1.54, 1.807) is 24.5 Å². The topological polar surface area (TPSA) is 67.6 Å². The van der Waals surface area contributed by atoms with Gasteiger partial charge in [0.2, 0.25) is 11.0 Å². The van der Waals surface area contributed by atoms with E-state index in [9.17, 15) is 4.39 Å². The van der Waals surface area contributed by atoms with E-state index in [2.05, 4.69) is 33.2 Å². The van der Waals surface area contributed by atoms with Crippen LogP contribution in [-0.2, 0) is 5.75 Å². The molecule has 0 aliphatic rings. The number of H-pyrrole nitrogens is 1. The van der Waals surface area contributed by atoms with Crippen molar-refractivity contribution in [1.82, 2.24) is 20.2 Å². The number of aromatic nitrogens is 4. The molecule has 1 N–H and O–H groups in total. The van der Waals surface area contributed by atoms with Crippen molar-refractivity contribution in [2.24, 2.45) is 0 Å². The second kappa shape index (κ2) is 7.36. The fraction of sp³-hybridized carbons (Fsp3) is 0.150. The van der Waals surface area contributed by atoms with Gasteiger partial charge in [0.25, 0.3) is 0 Å². The normalized spacial score (nSPS) is 11.1. The molecule has 4 rings (SSSR count). The smallest absolute Gasteiger partial charge is 0.226 e. The van der Waals surface area contributed by atoms with E-state index in [0.29, 0.717) is 28.2 Å². The van der Waals surface area contributed by atoms with Crippen LogP contribution in [0.2, 0.25) is 0 Å². The third-order valence-corrected chi connectivity index (χ3v) is 4.99. The Balaban J connectivity index is 1.46. The lowest BCUT2D eigenvalue weighted by atomic mass is 10.1. The third kappa shape index (κ3) is 3.78. The predicted octanol–water partition coefficient (Wildman–Crippen LogP) is 5.17. The molecule has 0 atom stereocenters. The maximum atomic E-state index is 13.8. The Hall–Kier alpha value is -2.93. The highest BCUT2D eigenvalue weighted by Crippen LogP contribution is 2.27. The minimum absolute atomic E-state index is 0.334. The molecule has 0 spiro atoms. The predicted molar refractivity (Wildman–Crippen MR) is 103 cm³/mol. The van der Waals surface area contributed by atoms with E-state index >= 15 is 0 Å². The van der Waals surface area contributed by atoms with Gasteiger partial charge in [-0.2, -0.15) is 0 Å². The Morgan fingerprint density at radius 1 is 1.07 bits per heavy atom. The fourth-order valence-corrected chi connectivity index (χ4v) is 3.45. The fourth-order valence-electron chi connectivity index (χ4n) is 2.77. The largest absolute Gasteiger partial charge is 0.444 e. The van der Waals surface area contributed by atoms with Gasteiger partial charge in [-0.3, -0.25) is 5.10 Å². The van der Waals surface area contributed by atoms with Gasteiger partial charge in [0.05, 0.1) is 11.3 Å². The van der Waals surface area contributed by atoms with Crippen LogP contribution >= 0.6 is 11.8 Å². The number of rotatable bonds is 5. The van der Waals surface area contributed by atoms with Gasteiger partial charge in [0.15, 0.2) is 5.82 Å². The summed E-state index contributed by atoms with van der Waals surface area (Å²) < 4.78 is 19.5. The number of hydrogen-bond donors (Lipinski definition) is 1. The molecule has 0 amide bonds. The first-order valence-electron chi connectivity index (χ1n) is 8.42. The van der Waals surface area contributed by atoms with Crippen molar-refractivity contribution in [2.45, 2.75) is 24.8 Å². The van der Waals surface area contributed by atoms with E-state index < -0.39 is 0 Å². The van der Waals surface area contributed by atoms with Crippen LogP contribution in [0.1, 0.15) is 16.8 Å². The zero-order valence-corrected chi connectivity index (χ0v) is 15.7. The van der Waals surface area contributed by atoms with Crippen molar-refractivity contribution in [3.63, 3.8) is 0 Å². The number of benzene rings is 2. The van der Waals surface area contributed by atoms with E-state index in [-0.39, 0.29) is 5.82 Å². The van der Waals surface area contributed by atoms with Crippen molar-refractivity contribution in [2.75, 3.05) is 0 Å². The monoisotopic (exact) mass is 380 g/mol. The first kappa shape index (κ1) is 17.5. The summed E-state index contributed by atoms with van der Waals surface area (Å²) in [6.07, 6.45) is 1.64. The molecule has 0 unspecified atom stereocenters. The van der Waals surface area contributed by atoms with Crippen LogP contribution in [0.4, 0.5) is 4.39 Å². The van der Waals surface area contributed by atoms with Crippen LogP contribution in [0.5, 0.6) is 0 Å². The number of halogens is 1. The zero-order valence-electron chi connectivity index (χ0n) is 14.9. The molecule has 136 valence electrons. The molecule has 2 aromatic carbocycles. The van der Waals surface area contributed by atoms with Gasteiger partial charge in [-0.05, 0) is 37.6 Å². The van der Waals surface area contributed by atoms with Gasteiger partial charge < -0.3 is 4.42 Å². The molecule has 0 radical (unpaired) electrons. The number of thioether (sulfide) groups is 1. The molecule has 0 saturated carbocycles. The highest BCUT2D eigenvalue weighted by Gasteiger charge is 2.13. The van der Waals surface area contributed by atoms with E-state index in [1.165, 1.54) is 23.4 Å². The average Bonchev–Trinajstić information content (AvgIpc) is 3.30.